The maximum atomic E-state index is 12.7. The van der Waals surface area contributed by atoms with Crippen molar-refractivity contribution in [2.75, 3.05) is 43.0 Å². The van der Waals surface area contributed by atoms with E-state index >= 15 is 0 Å². The number of nitrogens with one attached hydrogen (secondary N) is 1. The SMILES string of the molecule is N[C@@H]1c2cccc(Cl)c2C[C@H]1CN1CCC2(CC1)CN(c1cnc3c(n1)NC(=O)CO3)C(=O)O2. The molecule has 10 nitrogen and oxygen atoms in total. The zero-order chi connectivity index (χ0) is 23.4. The molecule has 2 atom stereocenters. The Balaban J connectivity index is 1.10. The second kappa shape index (κ2) is 8.07. The van der Waals surface area contributed by atoms with E-state index in [2.05, 4.69) is 26.3 Å². The predicted octanol–water partition coefficient (Wildman–Crippen LogP) is 2.12. The van der Waals surface area contributed by atoms with Gasteiger partial charge in [0.05, 0.1) is 12.7 Å². The molecule has 0 unspecified atom stereocenters. The lowest BCUT2D eigenvalue weighted by molar-refractivity contribution is -0.118. The van der Waals surface area contributed by atoms with Crippen LogP contribution in [0, 0.1) is 5.92 Å². The minimum Gasteiger partial charge on any atom is -0.465 e. The molecule has 0 bridgehead atoms. The Morgan fingerprint density at radius 1 is 1.26 bits per heavy atom. The van der Waals surface area contributed by atoms with Gasteiger partial charge < -0.3 is 25.4 Å². The number of anilines is 2. The number of piperidine rings is 1. The zero-order valence-corrected chi connectivity index (χ0v) is 19.3. The Labute approximate surface area is 201 Å². The van der Waals surface area contributed by atoms with Crippen LogP contribution < -0.4 is 20.7 Å². The van der Waals surface area contributed by atoms with Crippen LogP contribution in [0.25, 0.3) is 0 Å². The molecule has 0 radical (unpaired) electrons. The molecule has 2 fully saturated rings. The van der Waals surface area contributed by atoms with E-state index in [0.29, 0.717) is 18.3 Å². The highest BCUT2D eigenvalue weighted by atomic mass is 35.5. The van der Waals surface area contributed by atoms with E-state index < -0.39 is 11.7 Å². The highest BCUT2D eigenvalue weighted by Gasteiger charge is 2.48. The van der Waals surface area contributed by atoms with Crippen molar-refractivity contribution >= 4 is 35.2 Å². The van der Waals surface area contributed by atoms with Gasteiger partial charge in [-0.25, -0.2) is 14.8 Å². The molecule has 3 aliphatic heterocycles. The third kappa shape index (κ3) is 3.66. The van der Waals surface area contributed by atoms with Gasteiger partial charge in [0.2, 0.25) is 0 Å². The molecule has 3 N–H and O–H groups in total. The van der Waals surface area contributed by atoms with Crippen LogP contribution in [0.2, 0.25) is 5.02 Å². The summed E-state index contributed by atoms with van der Waals surface area (Å²) in [6.07, 6.45) is 3.36. The van der Waals surface area contributed by atoms with Gasteiger partial charge in [-0.2, -0.15) is 0 Å². The predicted molar refractivity (Wildman–Crippen MR) is 124 cm³/mol. The average molecular weight is 485 g/mol. The minimum atomic E-state index is -0.561. The summed E-state index contributed by atoms with van der Waals surface area (Å²) < 4.78 is 11.1. The number of nitrogens with two attached hydrogens (primary N) is 1. The first kappa shape index (κ1) is 21.6. The highest BCUT2D eigenvalue weighted by Crippen LogP contribution is 2.40. The summed E-state index contributed by atoms with van der Waals surface area (Å²) in [4.78, 5) is 36.7. The first-order chi connectivity index (χ1) is 16.4. The monoisotopic (exact) mass is 484 g/mol. The topological polar surface area (TPSA) is 123 Å². The number of nitrogens with zero attached hydrogens (tertiary/aromatic N) is 4. The van der Waals surface area contributed by atoms with Gasteiger partial charge in [0.15, 0.2) is 18.2 Å². The fourth-order valence-corrected chi connectivity index (χ4v) is 5.71. The van der Waals surface area contributed by atoms with Crippen molar-refractivity contribution < 1.29 is 19.1 Å². The molecule has 4 heterocycles. The molecule has 178 valence electrons. The summed E-state index contributed by atoms with van der Waals surface area (Å²) in [6.45, 7) is 2.81. The molecule has 6 rings (SSSR count). The van der Waals surface area contributed by atoms with E-state index in [0.717, 1.165) is 49.5 Å². The largest absolute Gasteiger partial charge is 0.465 e. The summed E-state index contributed by atoms with van der Waals surface area (Å²) in [5.41, 5.74) is 8.30. The second-order valence-corrected chi connectivity index (χ2v) is 9.86. The molecule has 4 aliphatic rings. The van der Waals surface area contributed by atoms with Gasteiger partial charge in [-0.1, -0.05) is 23.7 Å². The summed E-state index contributed by atoms with van der Waals surface area (Å²) in [5, 5.41) is 3.42. The van der Waals surface area contributed by atoms with Crippen LogP contribution in [0.15, 0.2) is 24.4 Å². The molecule has 2 amide bonds. The minimum absolute atomic E-state index is 0.0172. The van der Waals surface area contributed by atoms with Crippen LogP contribution >= 0.6 is 11.6 Å². The van der Waals surface area contributed by atoms with Gasteiger partial charge in [-0.05, 0) is 29.5 Å². The number of amides is 2. The first-order valence-corrected chi connectivity index (χ1v) is 11.8. The van der Waals surface area contributed by atoms with Crippen LogP contribution in [0.3, 0.4) is 0 Å². The number of benzene rings is 1. The smallest absolute Gasteiger partial charge is 0.416 e. The molecule has 0 saturated carbocycles. The summed E-state index contributed by atoms with van der Waals surface area (Å²) in [7, 11) is 0. The maximum Gasteiger partial charge on any atom is 0.416 e. The summed E-state index contributed by atoms with van der Waals surface area (Å²) in [6, 6.07) is 5.94. The standard InChI is InChI=1S/C23H25ClN6O4/c24-16-3-1-2-14-15(16)8-13(19(14)25)10-29-6-4-23(5-7-29)12-30(22(32)34-23)17-9-26-21-20(27-17)28-18(31)11-33-21/h1-3,9,13,19H,4-8,10-12,25H2,(H,27,28,31)/t13-,19-/m0/s1. The van der Waals surface area contributed by atoms with Crippen molar-refractivity contribution in [3.63, 3.8) is 0 Å². The van der Waals surface area contributed by atoms with Crippen molar-refractivity contribution in [2.24, 2.45) is 11.7 Å². The lowest BCUT2D eigenvalue weighted by Gasteiger charge is -2.38. The lowest BCUT2D eigenvalue weighted by Crippen LogP contribution is -2.48. The Morgan fingerprint density at radius 3 is 2.88 bits per heavy atom. The number of ether oxygens (including phenoxy) is 2. The van der Waals surface area contributed by atoms with Crippen molar-refractivity contribution in [2.45, 2.75) is 30.9 Å². The Morgan fingerprint density at radius 2 is 2.09 bits per heavy atom. The maximum absolute atomic E-state index is 12.7. The molecule has 1 aliphatic carbocycles. The molecule has 2 aromatic rings. The fraction of sp³-hybridized carbons (Fsp3) is 0.478. The quantitative estimate of drug-likeness (QED) is 0.679. The van der Waals surface area contributed by atoms with Gasteiger partial charge in [-0.15, -0.1) is 0 Å². The number of carbonyl (C=O) groups is 2. The van der Waals surface area contributed by atoms with Crippen LogP contribution in [0.4, 0.5) is 16.4 Å². The van der Waals surface area contributed by atoms with E-state index in [1.165, 1.54) is 16.7 Å². The number of fused-ring (bicyclic) bond motifs is 2. The van der Waals surface area contributed by atoms with Crippen molar-refractivity contribution in [1.82, 2.24) is 14.9 Å². The van der Waals surface area contributed by atoms with E-state index in [9.17, 15) is 9.59 Å². The normalized spacial score (nSPS) is 25.5. The number of rotatable bonds is 3. The van der Waals surface area contributed by atoms with E-state index in [-0.39, 0.29) is 30.3 Å². The second-order valence-electron chi connectivity index (χ2n) is 9.45. The van der Waals surface area contributed by atoms with Gasteiger partial charge in [0.1, 0.15) is 5.60 Å². The summed E-state index contributed by atoms with van der Waals surface area (Å²) in [5.74, 6) is 0.799. The third-order valence-electron chi connectivity index (χ3n) is 7.32. The van der Waals surface area contributed by atoms with Gasteiger partial charge in [-0.3, -0.25) is 9.69 Å². The molecule has 34 heavy (non-hydrogen) atoms. The molecule has 2 saturated heterocycles. The third-order valence-corrected chi connectivity index (χ3v) is 7.67. The van der Waals surface area contributed by atoms with Crippen LogP contribution in [0.1, 0.15) is 30.0 Å². The Kier molecular flexibility index (Phi) is 5.12. The fourth-order valence-electron chi connectivity index (χ4n) is 5.45. The molecular weight excluding hydrogens is 460 g/mol. The Bertz CT molecular complexity index is 1170. The number of aromatic nitrogens is 2. The van der Waals surface area contributed by atoms with Crippen molar-refractivity contribution in [3.05, 3.63) is 40.5 Å². The van der Waals surface area contributed by atoms with Crippen LogP contribution in [0.5, 0.6) is 5.88 Å². The van der Waals surface area contributed by atoms with E-state index in [1.54, 1.807) is 0 Å². The summed E-state index contributed by atoms with van der Waals surface area (Å²) >= 11 is 6.39. The number of carbonyl (C=O) groups excluding carboxylic acids is 2. The first-order valence-electron chi connectivity index (χ1n) is 11.5. The Hall–Kier alpha value is -2.95. The number of likely N-dealkylation sites (tertiary alicyclic amines) is 1. The lowest BCUT2D eigenvalue weighted by atomic mass is 9.90. The van der Waals surface area contributed by atoms with E-state index in [1.807, 2.05) is 12.1 Å². The van der Waals surface area contributed by atoms with Gasteiger partial charge >= 0.3 is 6.09 Å². The van der Waals surface area contributed by atoms with E-state index in [4.69, 9.17) is 26.8 Å². The average Bonchev–Trinajstić information content (AvgIpc) is 3.32. The van der Waals surface area contributed by atoms with Crippen molar-refractivity contribution in [1.29, 1.82) is 0 Å². The van der Waals surface area contributed by atoms with Crippen LogP contribution in [-0.2, 0) is 16.0 Å². The van der Waals surface area contributed by atoms with Gasteiger partial charge in [0, 0.05) is 43.5 Å². The van der Waals surface area contributed by atoms with Gasteiger partial charge in [0.25, 0.3) is 11.8 Å². The zero-order valence-electron chi connectivity index (χ0n) is 18.5. The number of hydrogen-bond donors (Lipinski definition) is 2. The highest BCUT2D eigenvalue weighted by molar-refractivity contribution is 6.31. The number of hydrogen-bond acceptors (Lipinski definition) is 8. The number of halogens is 1. The molecule has 1 aromatic heterocycles. The molecule has 1 spiro atoms. The van der Waals surface area contributed by atoms with Crippen LogP contribution in [-0.4, -0.2) is 65.3 Å². The van der Waals surface area contributed by atoms with Crippen molar-refractivity contribution in [3.8, 4) is 5.88 Å². The molecular formula is C23H25ClN6O4. The molecule has 11 heteroatoms. The molecule has 1 aromatic carbocycles.